The van der Waals surface area contributed by atoms with Crippen LogP contribution in [0, 0.1) is 0 Å². The Balaban J connectivity index is 2.01. The van der Waals surface area contributed by atoms with E-state index in [9.17, 15) is 8.42 Å². The van der Waals surface area contributed by atoms with Crippen molar-refractivity contribution in [2.24, 2.45) is 7.05 Å². The maximum absolute atomic E-state index is 12.7. The fourth-order valence-corrected chi connectivity index (χ4v) is 3.60. The van der Waals surface area contributed by atoms with Crippen LogP contribution in [0.3, 0.4) is 0 Å². The molecule has 0 saturated heterocycles. The highest BCUT2D eigenvalue weighted by Crippen LogP contribution is 2.26. The van der Waals surface area contributed by atoms with E-state index < -0.39 is 9.84 Å². The first kappa shape index (κ1) is 16.2. The molecule has 0 radical (unpaired) electrons. The van der Waals surface area contributed by atoms with E-state index in [1.54, 1.807) is 25.4 Å². The molecule has 0 atom stereocenters. The molecule has 3 rings (SSSR count). The highest BCUT2D eigenvalue weighted by Gasteiger charge is 2.25. The molecule has 2 heterocycles. The van der Waals surface area contributed by atoms with Crippen molar-refractivity contribution in [3.05, 3.63) is 48.8 Å². The number of ether oxygens (including phenoxy) is 1. The monoisotopic (exact) mass is 347 g/mol. The van der Waals surface area contributed by atoms with Crippen LogP contribution >= 0.6 is 0 Å². The van der Waals surface area contributed by atoms with Crippen molar-refractivity contribution in [3.63, 3.8) is 0 Å². The first-order chi connectivity index (χ1) is 11.5. The lowest BCUT2D eigenvalue weighted by Gasteiger charge is -2.12. The zero-order valence-corrected chi connectivity index (χ0v) is 14.1. The van der Waals surface area contributed by atoms with E-state index >= 15 is 0 Å². The minimum Gasteiger partial charge on any atom is -0.492 e. The molecular weight excluding hydrogens is 330 g/mol. The van der Waals surface area contributed by atoms with Crippen LogP contribution in [-0.2, 0) is 22.6 Å². The van der Waals surface area contributed by atoms with Crippen LogP contribution in [0.2, 0.25) is 0 Å². The summed E-state index contributed by atoms with van der Waals surface area (Å²) >= 11 is 0. The average molecular weight is 347 g/mol. The number of aromatic nitrogens is 5. The van der Waals surface area contributed by atoms with Gasteiger partial charge in [-0.3, -0.25) is 9.25 Å². The molecule has 0 aliphatic rings. The molecule has 0 bridgehead atoms. The molecule has 0 fully saturated rings. The van der Waals surface area contributed by atoms with Crippen molar-refractivity contribution < 1.29 is 13.2 Å². The summed E-state index contributed by atoms with van der Waals surface area (Å²) in [6.45, 7) is 2.35. The SMILES string of the molecule is CCOc1ccccc1-n1ccnc1S(=O)(=O)Cc1ncn(C)n1. The summed E-state index contributed by atoms with van der Waals surface area (Å²) in [5.41, 5.74) is 0.615. The Hall–Kier alpha value is -2.68. The predicted octanol–water partition coefficient (Wildman–Crippen LogP) is 1.37. The molecule has 24 heavy (non-hydrogen) atoms. The number of aryl methyl sites for hydroxylation is 1. The summed E-state index contributed by atoms with van der Waals surface area (Å²) in [7, 11) is -2.03. The lowest BCUT2D eigenvalue weighted by atomic mass is 10.3. The quantitative estimate of drug-likeness (QED) is 0.669. The van der Waals surface area contributed by atoms with Crippen LogP contribution in [0.15, 0.2) is 48.1 Å². The van der Waals surface area contributed by atoms with Crippen molar-refractivity contribution in [1.29, 1.82) is 0 Å². The first-order valence-electron chi connectivity index (χ1n) is 7.34. The Kier molecular flexibility index (Phi) is 4.34. The molecule has 0 unspecified atom stereocenters. The van der Waals surface area contributed by atoms with Gasteiger partial charge in [-0.2, -0.15) is 5.10 Å². The van der Waals surface area contributed by atoms with Crippen LogP contribution in [0.1, 0.15) is 12.7 Å². The van der Waals surface area contributed by atoms with Crippen LogP contribution < -0.4 is 4.74 Å². The summed E-state index contributed by atoms with van der Waals surface area (Å²) < 4.78 is 34.0. The molecular formula is C15H17N5O3S. The Labute approximate surface area is 139 Å². The first-order valence-corrected chi connectivity index (χ1v) is 8.99. The zero-order chi connectivity index (χ0) is 17.2. The number of imidazole rings is 1. The largest absolute Gasteiger partial charge is 0.492 e. The van der Waals surface area contributed by atoms with Crippen LogP contribution in [0.5, 0.6) is 5.75 Å². The Morgan fingerprint density at radius 2 is 2.00 bits per heavy atom. The molecule has 1 aromatic carbocycles. The van der Waals surface area contributed by atoms with Gasteiger partial charge < -0.3 is 4.74 Å². The number of nitrogens with zero attached hydrogens (tertiary/aromatic N) is 5. The maximum atomic E-state index is 12.7. The summed E-state index contributed by atoms with van der Waals surface area (Å²) in [5, 5.41) is 3.95. The number of para-hydroxylation sites is 2. The van der Waals surface area contributed by atoms with Gasteiger partial charge >= 0.3 is 0 Å². The number of hydrogen-bond donors (Lipinski definition) is 0. The lowest BCUT2D eigenvalue weighted by molar-refractivity contribution is 0.338. The van der Waals surface area contributed by atoms with E-state index in [1.807, 2.05) is 19.1 Å². The predicted molar refractivity (Wildman–Crippen MR) is 86.6 cm³/mol. The standard InChI is InChI=1S/C15H17N5O3S/c1-3-23-13-7-5-4-6-12(13)20-9-8-16-15(20)24(21,22)10-14-17-11-19(2)18-14/h4-9,11H,3,10H2,1-2H3. The van der Waals surface area contributed by atoms with Gasteiger partial charge in [0, 0.05) is 19.4 Å². The fraction of sp³-hybridized carbons (Fsp3) is 0.267. The number of sulfone groups is 1. The topological polar surface area (TPSA) is 91.9 Å². The molecule has 126 valence electrons. The van der Waals surface area contributed by atoms with Crippen LogP contribution in [0.25, 0.3) is 5.69 Å². The second-order valence-corrected chi connectivity index (χ2v) is 6.96. The Bertz CT molecular complexity index is 945. The van der Waals surface area contributed by atoms with Gasteiger partial charge in [-0.1, -0.05) is 12.1 Å². The van der Waals surface area contributed by atoms with E-state index in [2.05, 4.69) is 15.1 Å². The van der Waals surface area contributed by atoms with Crippen molar-refractivity contribution in [2.75, 3.05) is 6.61 Å². The molecule has 0 aliphatic carbocycles. The smallest absolute Gasteiger partial charge is 0.232 e. The molecule has 0 amide bonds. The average Bonchev–Trinajstić information content (AvgIpc) is 3.17. The van der Waals surface area contributed by atoms with Crippen molar-refractivity contribution >= 4 is 9.84 Å². The van der Waals surface area contributed by atoms with E-state index in [0.29, 0.717) is 18.0 Å². The summed E-state index contributed by atoms with van der Waals surface area (Å²) in [5.74, 6) is 0.498. The van der Waals surface area contributed by atoms with Gasteiger partial charge in [-0.25, -0.2) is 18.4 Å². The molecule has 0 saturated carbocycles. The van der Waals surface area contributed by atoms with Crippen molar-refractivity contribution in [3.8, 4) is 11.4 Å². The van der Waals surface area contributed by atoms with Gasteiger partial charge in [-0.15, -0.1) is 0 Å². The van der Waals surface area contributed by atoms with E-state index in [-0.39, 0.29) is 16.7 Å². The van der Waals surface area contributed by atoms with E-state index in [4.69, 9.17) is 4.74 Å². The third-order valence-corrected chi connectivity index (χ3v) is 4.77. The third kappa shape index (κ3) is 3.16. The van der Waals surface area contributed by atoms with Gasteiger partial charge in [0.1, 0.15) is 17.8 Å². The molecule has 0 aliphatic heterocycles. The molecule has 9 heteroatoms. The Morgan fingerprint density at radius 1 is 1.21 bits per heavy atom. The van der Waals surface area contributed by atoms with Gasteiger partial charge in [0.15, 0.2) is 5.82 Å². The molecule has 3 aromatic rings. The lowest BCUT2D eigenvalue weighted by Crippen LogP contribution is -2.13. The van der Waals surface area contributed by atoms with Crippen molar-refractivity contribution in [2.45, 2.75) is 17.8 Å². The maximum Gasteiger partial charge on any atom is 0.232 e. The van der Waals surface area contributed by atoms with Gasteiger partial charge in [0.05, 0.1) is 12.3 Å². The molecule has 2 aromatic heterocycles. The second-order valence-electron chi connectivity index (χ2n) is 5.07. The summed E-state index contributed by atoms with van der Waals surface area (Å²) in [6.07, 6.45) is 4.50. The number of hydrogen-bond acceptors (Lipinski definition) is 6. The van der Waals surface area contributed by atoms with E-state index in [0.717, 1.165) is 0 Å². The minimum absolute atomic E-state index is 0.0675. The summed E-state index contributed by atoms with van der Waals surface area (Å²) in [4.78, 5) is 8.00. The normalized spacial score (nSPS) is 11.6. The van der Waals surface area contributed by atoms with Crippen molar-refractivity contribution in [1.82, 2.24) is 24.3 Å². The highest BCUT2D eigenvalue weighted by atomic mass is 32.2. The fourth-order valence-electron chi connectivity index (χ4n) is 2.32. The zero-order valence-electron chi connectivity index (χ0n) is 13.3. The van der Waals surface area contributed by atoms with E-state index in [1.165, 1.54) is 21.8 Å². The number of rotatable bonds is 6. The molecule has 0 spiro atoms. The van der Waals surface area contributed by atoms with Gasteiger partial charge in [0.25, 0.3) is 0 Å². The summed E-state index contributed by atoms with van der Waals surface area (Å²) in [6, 6.07) is 7.21. The molecule has 0 N–H and O–H groups in total. The number of benzene rings is 1. The van der Waals surface area contributed by atoms with Crippen LogP contribution in [0.4, 0.5) is 0 Å². The van der Waals surface area contributed by atoms with Gasteiger partial charge in [0.2, 0.25) is 15.0 Å². The third-order valence-electron chi connectivity index (χ3n) is 3.28. The highest BCUT2D eigenvalue weighted by molar-refractivity contribution is 7.90. The molecule has 8 nitrogen and oxygen atoms in total. The van der Waals surface area contributed by atoms with Gasteiger partial charge in [-0.05, 0) is 19.1 Å². The second kappa shape index (κ2) is 6.44. The minimum atomic E-state index is -3.71. The Morgan fingerprint density at radius 3 is 2.71 bits per heavy atom. The van der Waals surface area contributed by atoms with Crippen LogP contribution in [-0.4, -0.2) is 39.3 Å².